The van der Waals surface area contributed by atoms with Gasteiger partial charge in [0.25, 0.3) is 0 Å². The fourth-order valence-corrected chi connectivity index (χ4v) is 3.99. The van der Waals surface area contributed by atoms with Gasteiger partial charge in [-0.05, 0) is 24.0 Å². The van der Waals surface area contributed by atoms with E-state index in [1.807, 2.05) is 6.07 Å². The zero-order valence-corrected chi connectivity index (χ0v) is 12.3. The van der Waals surface area contributed by atoms with Crippen molar-refractivity contribution in [3.05, 3.63) is 65.2 Å². The third-order valence-corrected chi connectivity index (χ3v) is 4.92. The van der Waals surface area contributed by atoms with E-state index in [-0.39, 0.29) is 5.56 Å². The molecular formula is C18H16F3NO. The van der Waals surface area contributed by atoms with E-state index in [0.29, 0.717) is 17.8 Å². The van der Waals surface area contributed by atoms with Crippen molar-refractivity contribution < 1.29 is 18.3 Å². The number of aryl methyl sites for hydroxylation is 1. The maximum absolute atomic E-state index is 13.9. The predicted molar refractivity (Wildman–Crippen MR) is 81.2 cm³/mol. The number of nitrogens with zero attached hydrogens (tertiary/aromatic N) is 1. The van der Waals surface area contributed by atoms with Crippen LogP contribution in [0.15, 0.2) is 48.5 Å². The fraction of sp³-hybridized carbons (Fsp3) is 0.333. The highest BCUT2D eigenvalue weighted by Crippen LogP contribution is 2.60. The van der Waals surface area contributed by atoms with Gasteiger partial charge in [-0.2, -0.15) is 13.2 Å². The van der Waals surface area contributed by atoms with E-state index in [0.717, 1.165) is 18.4 Å². The van der Waals surface area contributed by atoms with Crippen molar-refractivity contribution in [2.24, 2.45) is 0 Å². The summed E-state index contributed by atoms with van der Waals surface area (Å²) in [5, 5.41) is 10.9. The first-order valence-electron chi connectivity index (χ1n) is 7.67. The highest BCUT2D eigenvalue weighted by Gasteiger charge is 2.66. The van der Waals surface area contributed by atoms with Crippen LogP contribution >= 0.6 is 0 Å². The van der Waals surface area contributed by atoms with Crippen LogP contribution in [0.4, 0.5) is 18.9 Å². The lowest BCUT2D eigenvalue weighted by atomic mass is 9.84. The standard InChI is InChI=1S/C18H16F3NO/c19-18(20,21)17(23)14-10-4-8-12-9-5-11-22(15(12)14)16(17)13-6-2-1-3-7-13/h1-4,6-8,10,16,23H,5,9,11H2/t16-,17+/m1/s1. The van der Waals surface area contributed by atoms with E-state index in [9.17, 15) is 18.3 Å². The lowest BCUT2D eigenvalue weighted by Gasteiger charge is -2.38. The molecule has 0 aromatic heterocycles. The molecule has 0 saturated heterocycles. The highest BCUT2D eigenvalue weighted by molar-refractivity contribution is 5.70. The van der Waals surface area contributed by atoms with E-state index in [4.69, 9.17) is 0 Å². The van der Waals surface area contributed by atoms with Crippen molar-refractivity contribution in [2.75, 3.05) is 11.4 Å². The number of alkyl halides is 3. The van der Waals surface area contributed by atoms with E-state index >= 15 is 0 Å². The van der Waals surface area contributed by atoms with Crippen molar-refractivity contribution in [1.29, 1.82) is 0 Å². The molecular weight excluding hydrogens is 303 g/mol. The van der Waals surface area contributed by atoms with Gasteiger partial charge in [0, 0.05) is 17.8 Å². The summed E-state index contributed by atoms with van der Waals surface area (Å²) in [4.78, 5) is 1.73. The quantitative estimate of drug-likeness (QED) is 0.860. The first-order chi connectivity index (χ1) is 10.9. The molecule has 2 heterocycles. The summed E-state index contributed by atoms with van der Waals surface area (Å²) in [7, 11) is 0. The average Bonchev–Trinajstić information content (AvgIpc) is 2.81. The molecule has 1 N–H and O–H groups in total. The molecule has 2 aromatic carbocycles. The normalized spacial score (nSPS) is 26.3. The van der Waals surface area contributed by atoms with Crippen LogP contribution in [0.2, 0.25) is 0 Å². The van der Waals surface area contributed by atoms with Crippen LogP contribution in [0, 0.1) is 0 Å². The van der Waals surface area contributed by atoms with E-state index in [2.05, 4.69) is 0 Å². The van der Waals surface area contributed by atoms with Crippen LogP contribution < -0.4 is 4.90 Å². The maximum atomic E-state index is 13.9. The van der Waals surface area contributed by atoms with Gasteiger partial charge in [0.05, 0.1) is 6.04 Å². The minimum atomic E-state index is -4.75. The van der Waals surface area contributed by atoms with Gasteiger partial charge in [-0.15, -0.1) is 0 Å². The molecule has 4 rings (SSSR count). The topological polar surface area (TPSA) is 23.5 Å². The number of hydrogen-bond donors (Lipinski definition) is 1. The Kier molecular flexibility index (Phi) is 3.00. The molecule has 0 fully saturated rings. The number of anilines is 1. The Hall–Kier alpha value is -2.01. The smallest absolute Gasteiger partial charge is 0.374 e. The molecule has 120 valence electrons. The van der Waals surface area contributed by atoms with Crippen LogP contribution in [0.3, 0.4) is 0 Å². The predicted octanol–water partition coefficient (Wildman–Crippen LogP) is 3.94. The van der Waals surface area contributed by atoms with Gasteiger partial charge in [-0.3, -0.25) is 0 Å². The third kappa shape index (κ3) is 1.86. The van der Waals surface area contributed by atoms with Crippen LogP contribution in [0.1, 0.15) is 29.2 Å². The second-order valence-corrected chi connectivity index (χ2v) is 6.19. The van der Waals surface area contributed by atoms with Crippen LogP contribution in [-0.2, 0) is 12.0 Å². The van der Waals surface area contributed by atoms with Crippen molar-refractivity contribution in [1.82, 2.24) is 0 Å². The van der Waals surface area contributed by atoms with Gasteiger partial charge in [0.1, 0.15) is 0 Å². The molecule has 5 heteroatoms. The van der Waals surface area contributed by atoms with E-state index in [1.54, 1.807) is 41.3 Å². The maximum Gasteiger partial charge on any atom is 0.423 e. The Morgan fingerprint density at radius 2 is 1.78 bits per heavy atom. The van der Waals surface area contributed by atoms with Crippen molar-refractivity contribution in [2.45, 2.75) is 30.7 Å². The molecule has 0 amide bonds. The second kappa shape index (κ2) is 4.74. The molecule has 0 radical (unpaired) electrons. The molecule has 2 aliphatic heterocycles. The molecule has 2 aliphatic rings. The Bertz CT molecular complexity index is 744. The van der Waals surface area contributed by atoms with Crippen molar-refractivity contribution in [3.8, 4) is 0 Å². The second-order valence-electron chi connectivity index (χ2n) is 6.19. The molecule has 0 aliphatic carbocycles. The Balaban J connectivity index is 2.00. The van der Waals surface area contributed by atoms with Crippen LogP contribution in [-0.4, -0.2) is 17.8 Å². The van der Waals surface area contributed by atoms with Crippen molar-refractivity contribution in [3.63, 3.8) is 0 Å². The SMILES string of the molecule is O[C@@]1(C(F)(F)F)c2cccc3c2N(CCC3)[C@@H]1c1ccccc1. The van der Waals surface area contributed by atoms with Gasteiger partial charge in [-0.1, -0.05) is 48.5 Å². The zero-order chi connectivity index (χ0) is 16.2. The summed E-state index contributed by atoms with van der Waals surface area (Å²) in [6.45, 7) is 0.516. The van der Waals surface area contributed by atoms with E-state index < -0.39 is 17.8 Å². The number of hydrogen-bond acceptors (Lipinski definition) is 2. The minimum absolute atomic E-state index is 0.0175. The van der Waals surface area contributed by atoms with Crippen molar-refractivity contribution >= 4 is 5.69 Å². The van der Waals surface area contributed by atoms with Crippen LogP contribution in [0.5, 0.6) is 0 Å². The highest BCUT2D eigenvalue weighted by atomic mass is 19.4. The lowest BCUT2D eigenvalue weighted by Crippen LogP contribution is -2.48. The largest absolute Gasteiger partial charge is 0.423 e. The molecule has 23 heavy (non-hydrogen) atoms. The Labute approximate surface area is 132 Å². The third-order valence-electron chi connectivity index (χ3n) is 4.92. The summed E-state index contributed by atoms with van der Waals surface area (Å²) in [5.74, 6) is 0. The van der Waals surface area contributed by atoms with Gasteiger partial charge >= 0.3 is 6.18 Å². The first kappa shape index (κ1) is 14.6. The lowest BCUT2D eigenvalue weighted by molar-refractivity contribution is -0.272. The summed E-state index contributed by atoms with van der Waals surface area (Å²) in [6, 6.07) is 12.2. The zero-order valence-electron chi connectivity index (χ0n) is 12.3. The summed E-state index contributed by atoms with van der Waals surface area (Å²) < 4.78 is 41.8. The van der Waals surface area contributed by atoms with E-state index in [1.165, 1.54) is 6.07 Å². The molecule has 0 saturated carbocycles. The molecule has 0 spiro atoms. The molecule has 2 nitrogen and oxygen atoms in total. The Morgan fingerprint density at radius 3 is 2.48 bits per heavy atom. The van der Waals surface area contributed by atoms with Crippen LogP contribution in [0.25, 0.3) is 0 Å². The number of benzene rings is 2. The molecule has 2 atom stereocenters. The van der Waals surface area contributed by atoms with Gasteiger partial charge in [-0.25, -0.2) is 0 Å². The summed E-state index contributed by atoms with van der Waals surface area (Å²) in [5.41, 5.74) is -0.973. The number of aliphatic hydroxyl groups is 1. The summed E-state index contributed by atoms with van der Waals surface area (Å²) in [6.07, 6.45) is -3.22. The first-order valence-corrected chi connectivity index (χ1v) is 7.67. The fourth-order valence-electron chi connectivity index (χ4n) is 3.99. The number of para-hydroxylation sites is 1. The number of rotatable bonds is 1. The van der Waals surface area contributed by atoms with Gasteiger partial charge < -0.3 is 10.0 Å². The molecule has 2 aromatic rings. The molecule has 0 unspecified atom stereocenters. The van der Waals surface area contributed by atoms with Gasteiger partial charge in [0.15, 0.2) is 0 Å². The number of halogens is 3. The molecule has 0 bridgehead atoms. The summed E-state index contributed by atoms with van der Waals surface area (Å²) >= 11 is 0. The van der Waals surface area contributed by atoms with Gasteiger partial charge in [0.2, 0.25) is 5.60 Å². The minimum Gasteiger partial charge on any atom is -0.374 e. The average molecular weight is 319 g/mol. The monoisotopic (exact) mass is 319 g/mol. The Morgan fingerprint density at radius 1 is 1.04 bits per heavy atom.